The van der Waals surface area contributed by atoms with Gasteiger partial charge in [0.1, 0.15) is 12.6 Å². The van der Waals surface area contributed by atoms with E-state index in [4.69, 9.17) is 9.26 Å². The topological polar surface area (TPSA) is 109 Å². The Kier molecular flexibility index (Phi) is 3.52. The monoisotopic (exact) mass is 362 g/mol. The Morgan fingerprint density at radius 2 is 1.96 bits per heavy atom. The quantitative estimate of drug-likeness (QED) is 0.468. The summed E-state index contributed by atoms with van der Waals surface area (Å²) in [4.78, 5) is 4.24. The molecule has 27 heavy (non-hydrogen) atoms. The number of hydrogen-bond donors (Lipinski definition) is 0. The van der Waals surface area contributed by atoms with Crippen LogP contribution in [0.2, 0.25) is 0 Å². The maximum atomic E-state index is 5.94. The van der Waals surface area contributed by atoms with Crippen LogP contribution in [0.15, 0.2) is 47.4 Å². The summed E-state index contributed by atoms with van der Waals surface area (Å²) in [5.41, 5.74) is 1.16. The minimum absolute atomic E-state index is 0.205. The third-order valence-electron chi connectivity index (χ3n) is 4.14. The number of benzene rings is 1. The van der Waals surface area contributed by atoms with Crippen LogP contribution in [0.1, 0.15) is 12.7 Å². The first kappa shape index (κ1) is 15.4. The molecule has 4 aromatic heterocycles. The van der Waals surface area contributed by atoms with Crippen LogP contribution in [0.25, 0.3) is 27.9 Å². The third kappa shape index (κ3) is 2.58. The molecule has 0 N–H and O–H groups in total. The first-order valence-electron chi connectivity index (χ1n) is 8.39. The molecule has 4 heterocycles. The molecule has 0 amide bonds. The molecule has 0 spiro atoms. The standard InChI is InChI=1S/C17H14N8O2/c1-2-24-10-18-14(21-24)9-26-17-12-6-4-3-5-11(12)15-19-20-16(25(15)22-17)13-7-8-27-23-13/h3-8,10H,2,9H2,1H3. The fourth-order valence-corrected chi connectivity index (χ4v) is 2.83. The van der Waals surface area contributed by atoms with E-state index in [1.165, 1.54) is 6.26 Å². The second-order valence-electron chi connectivity index (χ2n) is 5.80. The maximum absolute atomic E-state index is 5.94. The van der Waals surface area contributed by atoms with Crippen LogP contribution >= 0.6 is 0 Å². The molecule has 0 saturated carbocycles. The Balaban J connectivity index is 1.62. The van der Waals surface area contributed by atoms with Gasteiger partial charge in [-0.3, -0.25) is 4.68 Å². The van der Waals surface area contributed by atoms with Crippen molar-refractivity contribution in [2.24, 2.45) is 0 Å². The van der Waals surface area contributed by atoms with Gasteiger partial charge in [-0.05, 0) is 13.0 Å². The maximum Gasteiger partial charge on any atom is 0.240 e. The number of hydrogen-bond acceptors (Lipinski definition) is 8. The molecule has 5 rings (SSSR count). The summed E-state index contributed by atoms with van der Waals surface area (Å²) >= 11 is 0. The number of aryl methyl sites for hydroxylation is 1. The van der Waals surface area contributed by atoms with E-state index in [9.17, 15) is 0 Å². The van der Waals surface area contributed by atoms with Gasteiger partial charge in [-0.2, -0.15) is 9.61 Å². The van der Waals surface area contributed by atoms with Gasteiger partial charge < -0.3 is 9.26 Å². The van der Waals surface area contributed by atoms with Gasteiger partial charge in [0, 0.05) is 23.4 Å². The van der Waals surface area contributed by atoms with Crippen LogP contribution < -0.4 is 4.74 Å². The molecule has 10 heteroatoms. The molecule has 0 aliphatic rings. The van der Waals surface area contributed by atoms with Crippen molar-refractivity contribution < 1.29 is 9.26 Å². The van der Waals surface area contributed by atoms with Crippen molar-refractivity contribution in [2.45, 2.75) is 20.1 Å². The molecule has 0 aliphatic heterocycles. The molecule has 1 aromatic carbocycles. The van der Waals surface area contributed by atoms with Crippen molar-refractivity contribution in [2.75, 3.05) is 0 Å². The van der Waals surface area contributed by atoms with Gasteiger partial charge in [-0.1, -0.05) is 23.4 Å². The van der Waals surface area contributed by atoms with Crippen molar-refractivity contribution >= 4 is 16.4 Å². The highest BCUT2D eigenvalue weighted by atomic mass is 16.5. The van der Waals surface area contributed by atoms with E-state index in [-0.39, 0.29) is 6.61 Å². The van der Waals surface area contributed by atoms with Crippen molar-refractivity contribution in [3.05, 3.63) is 48.7 Å². The molecule has 0 saturated heterocycles. The van der Waals surface area contributed by atoms with Crippen LogP contribution in [0.3, 0.4) is 0 Å². The normalized spacial score (nSPS) is 11.4. The van der Waals surface area contributed by atoms with Gasteiger partial charge in [0.25, 0.3) is 0 Å². The summed E-state index contributed by atoms with van der Waals surface area (Å²) in [6.07, 6.45) is 3.15. The Morgan fingerprint density at radius 1 is 1.07 bits per heavy atom. The van der Waals surface area contributed by atoms with E-state index in [1.807, 2.05) is 31.2 Å². The minimum atomic E-state index is 0.205. The zero-order valence-corrected chi connectivity index (χ0v) is 14.3. The minimum Gasteiger partial charge on any atom is -0.468 e. The van der Waals surface area contributed by atoms with E-state index in [2.05, 4.69) is 30.5 Å². The molecular formula is C17H14N8O2. The molecule has 0 bridgehead atoms. The van der Waals surface area contributed by atoms with Crippen molar-refractivity contribution in [1.82, 2.24) is 39.7 Å². The SMILES string of the molecule is CCn1cnc(COc2nn3c(-c4ccon4)nnc3c3ccccc23)n1. The number of aromatic nitrogens is 8. The van der Waals surface area contributed by atoms with Crippen LogP contribution in [-0.2, 0) is 13.2 Å². The largest absolute Gasteiger partial charge is 0.468 e. The Hall–Kier alpha value is -3.82. The highest BCUT2D eigenvalue weighted by Gasteiger charge is 2.18. The summed E-state index contributed by atoms with van der Waals surface area (Å²) in [5.74, 6) is 1.50. The van der Waals surface area contributed by atoms with E-state index in [0.29, 0.717) is 28.9 Å². The zero-order valence-electron chi connectivity index (χ0n) is 14.3. The molecular weight excluding hydrogens is 348 g/mol. The summed E-state index contributed by atoms with van der Waals surface area (Å²) in [6.45, 7) is 2.96. The lowest BCUT2D eigenvalue weighted by atomic mass is 10.2. The van der Waals surface area contributed by atoms with E-state index in [1.54, 1.807) is 21.6 Å². The van der Waals surface area contributed by atoms with Gasteiger partial charge in [0.15, 0.2) is 23.8 Å². The summed E-state index contributed by atoms with van der Waals surface area (Å²) in [6, 6.07) is 9.44. The highest BCUT2D eigenvalue weighted by molar-refractivity contribution is 5.96. The molecule has 134 valence electrons. The van der Waals surface area contributed by atoms with Gasteiger partial charge in [0.2, 0.25) is 11.7 Å². The highest BCUT2D eigenvalue weighted by Crippen LogP contribution is 2.28. The molecule has 0 atom stereocenters. The van der Waals surface area contributed by atoms with Crippen molar-refractivity contribution in [3.8, 4) is 17.4 Å². The molecule has 0 fully saturated rings. The molecule has 0 radical (unpaired) electrons. The third-order valence-corrected chi connectivity index (χ3v) is 4.14. The summed E-state index contributed by atoms with van der Waals surface area (Å²) in [5, 5.41) is 23.0. The molecule has 10 nitrogen and oxygen atoms in total. The lowest BCUT2D eigenvalue weighted by Crippen LogP contribution is -2.05. The van der Waals surface area contributed by atoms with Crippen LogP contribution in [-0.4, -0.2) is 39.7 Å². The average Bonchev–Trinajstić information content (AvgIpc) is 3.45. The van der Waals surface area contributed by atoms with Gasteiger partial charge in [0.05, 0.1) is 0 Å². The van der Waals surface area contributed by atoms with E-state index < -0.39 is 0 Å². The number of rotatable bonds is 5. The van der Waals surface area contributed by atoms with Gasteiger partial charge in [-0.25, -0.2) is 4.98 Å². The lowest BCUT2D eigenvalue weighted by molar-refractivity contribution is 0.283. The zero-order chi connectivity index (χ0) is 18.2. The van der Waals surface area contributed by atoms with E-state index in [0.717, 1.165) is 17.3 Å². The average molecular weight is 362 g/mol. The van der Waals surface area contributed by atoms with Crippen LogP contribution in [0.4, 0.5) is 0 Å². The van der Waals surface area contributed by atoms with Crippen molar-refractivity contribution in [3.63, 3.8) is 0 Å². The second-order valence-corrected chi connectivity index (χ2v) is 5.80. The van der Waals surface area contributed by atoms with Crippen LogP contribution in [0, 0.1) is 0 Å². The van der Waals surface area contributed by atoms with Crippen molar-refractivity contribution in [1.29, 1.82) is 0 Å². The predicted octanol–water partition coefficient (Wildman–Crippen LogP) is 2.12. The smallest absolute Gasteiger partial charge is 0.240 e. The predicted molar refractivity (Wildman–Crippen MR) is 93.8 cm³/mol. The molecule has 5 aromatic rings. The second kappa shape index (κ2) is 6.16. The van der Waals surface area contributed by atoms with E-state index >= 15 is 0 Å². The fourth-order valence-electron chi connectivity index (χ4n) is 2.83. The van der Waals surface area contributed by atoms with Crippen LogP contribution in [0.5, 0.6) is 5.88 Å². The first-order valence-corrected chi connectivity index (χ1v) is 8.39. The number of nitrogens with zero attached hydrogens (tertiary/aromatic N) is 8. The fraction of sp³-hybridized carbons (Fsp3) is 0.176. The summed E-state index contributed by atoms with van der Waals surface area (Å²) < 4.78 is 14.2. The first-order chi connectivity index (χ1) is 13.3. The number of fused-ring (bicyclic) bond motifs is 3. The van der Waals surface area contributed by atoms with Gasteiger partial charge >= 0.3 is 0 Å². The molecule has 0 aliphatic carbocycles. The Labute approximate surface area is 152 Å². The summed E-state index contributed by atoms with van der Waals surface area (Å²) in [7, 11) is 0. The Bertz CT molecular complexity index is 1220. The Morgan fingerprint density at radius 3 is 2.74 bits per heavy atom. The lowest BCUT2D eigenvalue weighted by Gasteiger charge is -2.08. The molecule has 0 unspecified atom stereocenters. The number of ether oxygens (including phenoxy) is 1. The van der Waals surface area contributed by atoms with Gasteiger partial charge in [-0.15, -0.1) is 15.3 Å².